The van der Waals surface area contributed by atoms with Gasteiger partial charge in [-0.1, -0.05) is 42.1 Å². The fraction of sp³-hybridized carbons (Fsp3) is 0.111. The molecule has 0 fully saturated rings. The van der Waals surface area contributed by atoms with E-state index < -0.39 is 0 Å². The van der Waals surface area contributed by atoms with E-state index in [1.165, 1.54) is 35.2 Å². The van der Waals surface area contributed by atoms with Crippen LogP contribution in [0.4, 0.5) is 9.52 Å². The highest BCUT2D eigenvalue weighted by atomic mass is 32.2. The summed E-state index contributed by atoms with van der Waals surface area (Å²) in [4.78, 5) is 17.3. The molecule has 2 heterocycles. The predicted molar refractivity (Wildman–Crippen MR) is 147 cm³/mol. The van der Waals surface area contributed by atoms with E-state index in [1.807, 2.05) is 58.5 Å². The zero-order chi connectivity index (χ0) is 26.5. The molecule has 11 heteroatoms. The predicted octanol–water partition coefficient (Wildman–Crippen LogP) is 5.94. The minimum Gasteiger partial charge on any atom is -0.493 e. The Morgan fingerprint density at radius 1 is 0.974 bits per heavy atom. The zero-order valence-corrected chi connectivity index (χ0v) is 22.1. The SMILES string of the molecule is COc1ccc(-c2csc(NC(=O)CSc3nnc(-c4ccccc4)n3-c3ccc(F)cc3)n2)cc1OC. The number of nitrogens with zero attached hydrogens (tertiary/aromatic N) is 4. The summed E-state index contributed by atoms with van der Waals surface area (Å²) in [5, 5.41) is 14.4. The third-order valence-electron chi connectivity index (χ3n) is 5.51. The molecule has 192 valence electrons. The molecule has 0 unspecified atom stereocenters. The summed E-state index contributed by atoms with van der Waals surface area (Å²) in [5.41, 5.74) is 3.10. The number of thiazole rings is 1. The molecule has 0 saturated carbocycles. The third kappa shape index (κ3) is 5.53. The summed E-state index contributed by atoms with van der Waals surface area (Å²) in [5.74, 6) is 1.32. The highest BCUT2D eigenvalue weighted by Gasteiger charge is 2.18. The number of rotatable bonds is 9. The molecule has 0 saturated heterocycles. The molecule has 1 N–H and O–H groups in total. The van der Waals surface area contributed by atoms with Crippen LogP contribution in [-0.2, 0) is 4.79 Å². The number of hydrogen-bond acceptors (Lipinski definition) is 8. The zero-order valence-electron chi connectivity index (χ0n) is 20.4. The van der Waals surface area contributed by atoms with Crippen molar-refractivity contribution in [3.8, 4) is 39.8 Å². The summed E-state index contributed by atoms with van der Waals surface area (Å²) in [6.07, 6.45) is 0. The number of anilines is 1. The molecule has 1 amide bonds. The lowest BCUT2D eigenvalue weighted by atomic mass is 10.1. The fourth-order valence-electron chi connectivity index (χ4n) is 3.71. The van der Waals surface area contributed by atoms with Crippen LogP contribution in [0, 0.1) is 5.82 Å². The van der Waals surface area contributed by atoms with E-state index in [0.717, 1.165) is 11.1 Å². The number of aromatic nitrogens is 4. The Labute approximate surface area is 226 Å². The highest BCUT2D eigenvalue weighted by molar-refractivity contribution is 7.99. The van der Waals surface area contributed by atoms with E-state index in [-0.39, 0.29) is 17.5 Å². The molecule has 0 aliphatic rings. The van der Waals surface area contributed by atoms with E-state index in [0.29, 0.717) is 39.0 Å². The first-order valence-corrected chi connectivity index (χ1v) is 13.3. The summed E-state index contributed by atoms with van der Waals surface area (Å²) in [7, 11) is 3.16. The van der Waals surface area contributed by atoms with Crippen LogP contribution in [0.3, 0.4) is 0 Å². The van der Waals surface area contributed by atoms with Gasteiger partial charge in [0, 0.05) is 22.2 Å². The van der Waals surface area contributed by atoms with Crippen molar-refractivity contribution in [1.82, 2.24) is 19.7 Å². The Balaban J connectivity index is 1.31. The highest BCUT2D eigenvalue weighted by Crippen LogP contribution is 2.34. The van der Waals surface area contributed by atoms with Crippen LogP contribution >= 0.6 is 23.1 Å². The van der Waals surface area contributed by atoms with Crippen molar-refractivity contribution in [3.63, 3.8) is 0 Å². The van der Waals surface area contributed by atoms with Gasteiger partial charge in [0.25, 0.3) is 0 Å². The number of hydrogen-bond donors (Lipinski definition) is 1. The lowest BCUT2D eigenvalue weighted by Crippen LogP contribution is -2.14. The summed E-state index contributed by atoms with van der Waals surface area (Å²) < 4.78 is 26.0. The van der Waals surface area contributed by atoms with E-state index in [1.54, 1.807) is 26.4 Å². The van der Waals surface area contributed by atoms with E-state index >= 15 is 0 Å². The maximum absolute atomic E-state index is 13.6. The summed E-state index contributed by atoms with van der Waals surface area (Å²) in [6, 6.07) is 21.2. The smallest absolute Gasteiger partial charge is 0.236 e. The van der Waals surface area contributed by atoms with Gasteiger partial charge in [0.05, 0.1) is 25.7 Å². The summed E-state index contributed by atoms with van der Waals surface area (Å²) >= 11 is 2.56. The normalized spacial score (nSPS) is 10.8. The van der Waals surface area contributed by atoms with Gasteiger partial charge >= 0.3 is 0 Å². The molecule has 38 heavy (non-hydrogen) atoms. The number of amides is 1. The largest absolute Gasteiger partial charge is 0.493 e. The first kappa shape index (κ1) is 25.4. The summed E-state index contributed by atoms with van der Waals surface area (Å²) in [6.45, 7) is 0. The molecule has 0 radical (unpaired) electrons. The van der Waals surface area contributed by atoms with Crippen molar-refractivity contribution in [3.05, 3.63) is 84.0 Å². The molecule has 5 rings (SSSR count). The molecular formula is C27H22FN5O3S2. The Kier molecular flexibility index (Phi) is 7.66. The minimum atomic E-state index is -0.340. The number of thioether (sulfide) groups is 1. The first-order valence-electron chi connectivity index (χ1n) is 11.4. The quantitative estimate of drug-likeness (QED) is 0.228. The van der Waals surface area contributed by atoms with Gasteiger partial charge in [-0.2, -0.15) is 0 Å². The monoisotopic (exact) mass is 547 g/mol. The van der Waals surface area contributed by atoms with E-state index in [4.69, 9.17) is 9.47 Å². The van der Waals surface area contributed by atoms with Crippen LogP contribution in [-0.4, -0.2) is 45.6 Å². The number of halogens is 1. The van der Waals surface area contributed by atoms with Crippen LogP contribution < -0.4 is 14.8 Å². The van der Waals surface area contributed by atoms with Gasteiger partial charge in [-0.3, -0.25) is 9.36 Å². The van der Waals surface area contributed by atoms with E-state index in [9.17, 15) is 9.18 Å². The van der Waals surface area contributed by atoms with Crippen molar-refractivity contribution >= 4 is 34.1 Å². The van der Waals surface area contributed by atoms with Crippen LogP contribution in [0.15, 0.2) is 83.3 Å². The van der Waals surface area contributed by atoms with Gasteiger partial charge in [0.1, 0.15) is 5.82 Å². The second kappa shape index (κ2) is 11.4. The van der Waals surface area contributed by atoms with Crippen LogP contribution in [0.5, 0.6) is 11.5 Å². The average molecular weight is 548 g/mol. The van der Waals surface area contributed by atoms with Crippen molar-refractivity contribution < 1.29 is 18.7 Å². The van der Waals surface area contributed by atoms with Crippen LogP contribution in [0.1, 0.15) is 0 Å². The lowest BCUT2D eigenvalue weighted by molar-refractivity contribution is -0.113. The standard InChI is InChI=1S/C27H22FN5O3S2/c1-35-22-13-8-18(14-23(22)36-2)21-15-37-26(29-21)30-24(34)16-38-27-32-31-25(17-6-4-3-5-7-17)33(27)20-11-9-19(28)10-12-20/h3-15H,16H2,1-2H3,(H,29,30,34). The Bertz CT molecular complexity index is 1560. The Hall–Kier alpha value is -4.22. The number of nitrogens with one attached hydrogen (secondary N) is 1. The first-order chi connectivity index (χ1) is 18.6. The molecule has 0 atom stereocenters. The van der Waals surface area contributed by atoms with Gasteiger partial charge < -0.3 is 14.8 Å². The van der Waals surface area contributed by atoms with Gasteiger partial charge in [-0.25, -0.2) is 9.37 Å². The molecule has 0 aliphatic carbocycles. The number of benzene rings is 3. The maximum Gasteiger partial charge on any atom is 0.236 e. The average Bonchev–Trinajstić information content (AvgIpc) is 3.60. The van der Waals surface area contributed by atoms with Gasteiger partial charge in [-0.05, 0) is 42.5 Å². The Morgan fingerprint density at radius 3 is 2.47 bits per heavy atom. The van der Waals surface area contributed by atoms with Crippen LogP contribution in [0.2, 0.25) is 0 Å². The molecule has 3 aromatic carbocycles. The van der Waals surface area contributed by atoms with Crippen molar-refractivity contribution in [2.45, 2.75) is 5.16 Å². The maximum atomic E-state index is 13.6. The second-order valence-electron chi connectivity index (χ2n) is 7.93. The molecular weight excluding hydrogens is 525 g/mol. The molecule has 0 aliphatic heterocycles. The lowest BCUT2D eigenvalue weighted by Gasteiger charge is -2.10. The molecule has 0 spiro atoms. The van der Waals surface area contributed by atoms with Crippen molar-refractivity contribution in [2.75, 3.05) is 25.3 Å². The van der Waals surface area contributed by atoms with Crippen molar-refractivity contribution in [1.29, 1.82) is 0 Å². The fourth-order valence-corrected chi connectivity index (χ4v) is 5.19. The molecule has 8 nitrogen and oxygen atoms in total. The minimum absolute atomic E-state index is 0.0827. The van der Waals surface area contributed by atoms with E-state index in [2.05, 4.69) is 20.5 Å². The van der Waals surface area contributed by atoms with Gasteiger partial charge in [0.15, 0.2) is 27.6 Å². The molecule has 5 aromatic rings. The van der Waals surface area contributed by atoms with Gasteiger partial charge in [-0.15, -0.1) is 21.5 Å². The van der Waals surface area contributed by atoms with Crippen LogP contribution in [0.25, 0.3) is 28.3 Å². The van der Waals surface area contributed by atoms with Gasteiger partial charge in [0.2, 0.25) is 5.91 Å². The molecule has 0 bridgehead atoms. The number of carbonyl (C=O) groups is 1. The third-order valence-corrected chi connectivity index (χ3v) is 7.20. The Morgan fingerprint density at radius 2 is 1.74 bits per heavy atom. The second-order valence-corrected chi connectivity index (χ2v) is 9.73. The number of ether oxygens (including phenoxy) is 2. The topological polar surface area (TPSA) is 91.2 Å². The molecule has 2 aromatic heterocycles. The van der Waals surface area contributed by atoms with Crippen molar-refractivity contribution in [2.24, 2.45) is 0 Å². The number of methoxy groups -OCH3 is 2. The number of carbonyl (C=O) groups excluding carboxylic acids is 1.